The number of ether oxygens (including phenoxy) is 1. The molecule has 0 fully saturated rings. The summed E-state index contributed by atoms with van der Waals surface area (Å²) in [5.41, 5.74) is 2.47. The normalized spacial score (nSPS) is 11.1. The maximum absolute atomic E-state index is 12.3. The Labute approximate surface area is 146 Å². The molecule has 0 aliphatic rings. The number of carbonyl (C=O) groups is 2. The summed E-state index contributed by atoms with van der Waals surface area (Å²) in [6, 6.07) is 16.9. The first-order chi connectivity index (χ1) is 12.2. The van der Waals surface area contributed by atoms with Gasteiger partial charge in [-0.3, -0.25) is 9.59 Å². The minimum Gasteiger partial charge on any atom is -0.465 e. The number of hydrogen-bond donors (Lipinski definition) is 0. The topological polar surface area (TPSA) is 48.3 Å². The van der Waals surface area contributed by atoms with E-state index in [9.17, 15) is 9.59 Å². The Morgan fingerprint density at radius 3 is 2.52 bits per heavy atom. The molecule has 0 N–H and O–H groups in total. The van der Waals surface area contributed by atoms with E-state index in [1.54, 1.807) is 31.2 Å². The highest BCUT2D eigenvalue weighted by molar-refractivity contribution is 6.07. The van der Waals surface area contributed by atoms with Crippen molar-refractivity contribution in [2.75, 3.05) is 6.61 Å². The molecule has 126 valence electrons. The first-order valence-electron chi connectivity index (χ1n) is 8.20. The molecule has 0 saturated carbocycles. The van der Waals surface area contributed by atoms with Crippen molar-refractivity contribution in [1.82, 2.24) is 4.57 Å². The van der Waals surface area contributed by atoms with Gasteiger partial charge in [-0.15, -0.1) is 0 Å². The van der Waals surface area contributed by atoms with Gasteiger partial charge in [0.25, 0.3) is 0 Å². The number of esters is 1. The Morgan fingerprint density at radius 2 is 1.76 bits per heavy atom. The molecule has 3 rings (SSSR count). The van der Waals surface area contributed by atoms with E-state index in [0.717, 1.165) is 16.5 Å². The minimum atomic E-state index is -0.279. The van der Waals surface area contributed by atoms with E-state index < -0.39 is 0 Å². The molecule has 1 aromatic heterocycles. The van der Waals surface area contributed by atoms with Crippen LogP contribution in [0.2, 0.25) is 0 Å². The number of ketones is 1. The zero-order valence-electron chi connectivity index (χ0n) is 14.0. The lowest BCUT2D eigenvalue weighted by atomic mass is 10.1. The average molecular weight is 333 g/mol. The summed E-state index contributed by atoms with van der Waals surface area (Å²) in [5, 5.41) is 0.990. The van der Waals surface area contributed by atoms with Gasteiger partial charge in [-0.25, -0.2) is 0 Å². The van der Waals surface area contributed by atoms with Crippen LogP contribution in [0.15, 0.2) is 66.9 Å². The van der Waals surface area contributed by atoms with Crippen LogP contribution in [0.1, 0.15) is 22.8 Å². The van der Waals surface area contributed by atoms with Crippen molar-refractivity contribution in [2.24, 2.45) is 0 Å². The van der Waals surface area contributed by atoms with Gasteiger partial charge in [0.15, 0.2) is 5.78 Å². The lowest BCUT2D eigenvalue weighted by Crippen LogP contribution is -2.12. The summed E-state index contributed by atoms with van der Waals surface area (Å²) in [6.07, 6.45) is 5.22. The molecule has 0 amide bonds. The molecule has 25 heavy (non-hydrogen) atoms. The number of para-hydroxylation sites is 1. The first kappa shape index (κ1) is 16.7. The second-order valence-electron chi connectivity index (χ2n) is 5.60. The highest BCUT2D eigenvalue weighted by atomic mass is 16.5. The molecular weight excluding hydrogens is 314 g/mol. The number of carbonyl (C=O) groups excluding carboxylic acids is 2. The van der Waals surface area contributed by atoms with Crippen LogP contribution in [0.25, 0.3) is 17.0 Å². The molecule has 4 nitrogen and oxygen atoms in total. The van der Waals surface area contributed by atoms with Gasteiger partial charge in [0.2, 0.25) is 0 Å². The molecule has 2 aromatic carbocycles. The predicted molar refractivity (Wildman–Crippen MR) is 98.4 cm³/mol. The van der Waals surface area contributed by atoms with Crippen LogP contribution >= 0.6 is 0 Å². The molecule has 0 radical (unpaired) electrons. The zero-order valence-corrected chi connectivity index (χ0v) is 14.0. The van der Waals surface area contributed by atoms with E-state index >= 15 is 0 Å². The third-order valence-electron chi connectivity index (χ3n) is 3.90. The summed E-state index contributed by atoms with van der Waals surface area (Å²) in [5.74, 6) is -0.332. The summed E-state index contributed by atoms with van der Waals surface area (Å²) in [6.45, 7) is 2.29. The average Bonchev–Trinajstić information content (AvgIpc) is 2.98. The molecule has 0 saturated heterocycles. The molecule has 4 heteroatoms. The summed E-state index contributed by atoms with van der Waals surface area (Å²) >= 11 is 0. The van der Waals surface area contributed by atoms with Crippen molar-refractivity contribution in [1.29, 1.82) is 0 Å². The molecule has 0 bridgehead atoms. The minimum absolute atomic E-state index is 0.0529. The summed E-state index contributed by atoms with van der Waals surface area (Å²) in [7, 11) is 0. The van der Waals surface area contributed by atoms with E-state index in [4.69, 9.17) is 4.74 Å². The fraction of sp³-hybridized carbons (Fsp3) is 0.143. The van der Waals surface area contributed by atoms with Crippen LogP contribution in [-0.4, -0.2) is 22.9 Å². The number of aromatic nitrogens is 1. The lowest BCUT2D eigenvalue weighted by Gasteiger charge is -2.04. The Kier molecular flexibility index (Phi) is 5.09. The van der Waals surface area contributed by atoms with Gasteiger partial charge in [0, 0.05) is 28.2 Å². The monoisotopic (exact) mass is 333 g/mol. The fourth-order valence-electron chi connectivity index (χ4n) is 2.75. The van der Waals surface area contributed by atoms with Crippen LogP contribution in [0, 0.1) is 0 Å². The van der Waals surface area contributed by atoms with E-state index in [0.29, 0.717) is 12.2 Å². The van der Waals surface area contributed by atoms with Crippen LogP contribution in [0.5, 0.6) is 0 Å². The van der Waals surface area contributed by atoms with Gasteiger partial charge in [-0.1, -0.05) is 48.5 Å². The van der Waals surface area contributed by atoms with Gasteiger partial charge in [-0.05, 0) is 25.1 Å². The Hall–Kier alpha value is -3.14. The van der Waals surface area contributed by atoms with Gasteiger partial charge in [0.1, 0.15) is 6.54 Å². The SMILES string of the molecule is CCOC(=O)Cn1cc(/C=C/C(=O)c2ccccc2)c2ccccc21. The quantitative estimate of drug-likeness (QED) is 0.388. The van der Waals surface area contributed by atoms with E-state index in [1.165, 1.54) is 0 Å². The number of hydrogen-bond acceptors (Lipinski definition) is 3. The van der Waals surface area contributed by atoms with Crippen molar-refractivity contribution < 1.29 is 14.3 Å². The third kappa shape index (κ3) is 3.86. The van der Waals surface area contributed by atoms with Crippen LogP contribution < -0.4 is 0 Å². The number of rotatable bonds is 6. The van der Waals surface area contributed by atoms with Crippen molar-refractivity contribution in [3.8, 4) is 0 Å². The molecule has 0 unspecified atom stereocenters. The number of allylic oxidation sites excluding steroid dienone is 1. The molecule has 0 aliphatic heterocycles. The van der Waals surface area contributed by atoms with E-state index in [2.05, 4.69) is 0 Å². The fourth-order valence-corrected chi connectivity index (χ4v) is 2.75. The van der Waals surface area contributed by atoms with Gasteiger partial charge in [-0.2, -0.15) is 0 Å². The molecule has 3 aromatic rings. The van der Waals surface area contributed by atoms with Crippen molar-refractivity contribution >= 4 is 28.7 Å². The van der Waals surface area contributed by atoms with Crippen LogP contribution in [0.4, 0.5) is 0 Å². The maximum atomic E-state index is 12.3. The van der Waals surface area contributed by atoms with Crippen LogP contribution in [-0.2, 0) is 16.1 Å². The number of fused-ring (bicyclic) bond motifs is 1. The molecule has 1 heterocycles. The Morgan fingerprint density at radius 1 is 1.04 bits per heavy atom. The highest BCUT2D eigenvalue weighted by Gasteiger charge is 2.10. The summed E-state index contributed by atoms with van der Waals surface area (Å²) < 4.78 is 6.88. The predicted octanol–water partition coefficient (Wildman–Crippen LogP) is 4.10. The van der Waals surface area contributed by atoms with E-state index in [-0.39, 0.29) is 18.3 Å². The first-order valence-corrected chi connectivity index (χ1v) is 8.20. The highest BCUT2D eigenvalue weighted by Crippen LogP contribution is 2.23. The molecule has 0 aliphatic carbocycles. The van der Waals surface area contributed by atoms with E-state index in [1.807, 2.05) is 53.2 Å². The Balaban J connectivity index is 1.90. The maximum Gasteiger partial charge on any atom is 0.325 e. The molecular formula is C21H19NO3. The van der Waals surface area contributed by atoms with Crippen LogP contribution in [0.3, 0.4) is 0 Å². The lowest BCUT2D eigenvalue weighted by molar-refractivity contribution is -0.143. The zero-order chi connectivity index (χ0) is 17.6. The second-order valence-corrected chi connectivity index (χ2v) is 5.60. The second kappa shape index (κ2) is 7.62. The van der Waals surface area contributed by atoms with Crippen molar-refractivity contribution in [3.05, 3.63) is 78.0 Å². The summed E-state index contributed by atoms with van der Waals surface area (Å²) in [4.78, 5) is 24.1. The largest absolute Gasteiger partial charge is 0.465 e. The smallest absolute Gasteiger partial charge is 0.325 e. The van der Waals surface area contributed by atoms with Gasteiger partial charge in [0.05, 0.1) is 6.61 Å². The number of nitrogens with zero attached hydrogens (tertiary/aromatic N) is 1. The molecule has 0 atom stereocenters. The van der Waals surface area contributed by atoms with Crippen molar-refractivity contribution in [2.45, 2.75) is 13.5 Å². The standard InChI is InChI=1S/C21H19NO3/c1-2-25-21(24)15-22-14-17(18-10-6-7-11-19(18)22)12-13-20(23)16-8-4-3-5-9-16/h3-14H,2,15H2,1H3/b13-12+. The van der Waals surface area contributed by atoms with Gasteiger partial charge < -0.3 is 9.30 Å². The molecule has 0 spiro atoms. The number of benzene rings is 2. The Bertz CT molecular complexity index is 923. The third-order valence-corrected chi connectivity index (χ3v) is 3.90. The van der Waals surface area contributed by atoms with Crippen molar-refractivity contribution in [3.63, 3.8) is 0 Å². The van der Waals surface area contributed by atoms with Gasteiger partial charge >= 0.3 is 5.97 Å².